The van der Waals surface area contributed by atoms with E-state index in [4.69, 9.17) is 42.2 Å². The summed E-state index contributed by atoms with van der Waals surface area (Å²) in [5, 5.41) is 13.9. The Labute approximate surface area is 474 Å². The minimum Gasteiger partial charge on any atom is -0.497 e. The highest BCUT2D eigenvalue weighted by Crippen LogP contribution is 2.45. The van der Waals surface area contributed by atoms with E-state index in [-0.39, 0.29) is 66.7 Å². The second kappa shape index (κ2) is 25.7. The third-order valence-corrected chi connectivity index (χ3v) is 14.7. The second-order valence-electron chi connectivity index (χ2n) is 19.1. The number of nitro groups is 1. The number of ether oxygens (including phenoxy) is 7. The zero-order valence-electron chi connectivity index (χ0n) is 44.8. The van der Waals surface area contributed by atoms with Crippen LogP contribution in [0, 0.1) is 10.1 Å². The monoisotopic (exact) mass is 1150 g/mol. The van der Waals surface area contributed by atoms with Crippen molar-refractivity contribution in [2.75, 3.05) is 32.8 Å². The molecule has 2 saturated heterocycles. The van der Waals surface area contributed by atoms with Crippen molar-refractivity contribution in [1.29, 1.82) is 0 Å². The predicted molar refractivity (Wildman–Crippen MR) is 295 cm³/mol. The van der Waals surface area contributed by atoms with Gasteiger partial charge in [0, 0.05) is 53.8 Å². The van der Waals surface area contributed by atoms with Crippen LogP contribution in [-0.2, 0) is 47.8 Å². The van der Waals surface area contributed by atoms with Crippen LogP contribution in [-0.4, -0.2) is 104 Å². The Bertz CT molecular complexity index is 3620. The first-order valence-corrected chi connectivity index (χ1v) is 27.2. The molecule has 0 aliphatic carbocycles. The zero-order valence-corrected chi connectivity index (χ0v) is 45.7. The lowest BCUT2D eigenvalue weighted by Gasteiger charge is -2.37. The summed E-state index contributed by atoms with van der Waals surface area (Å²) >= 11 is 0. The molecule has 7 atom stereocenters. The van der Waals surface area contributed by atoms with Gasteiger partial charge in [-0.15, -0.1) is 9.05 Å². The van der Waals surface area contributed by atoms with E-state index in [1.54, 1.807) is 49.1 Å². The summed E-state index contributed by atoms with van der Waals surface area (Å²) in [4.78, 5) is 79.6. The summed E-state index contributed by atoms with van der Waals surface area (Å²) in [5.74, 6) is 0.115. The van der Waals surface area contributed by atoms with Gasteiger partial charge in [-0.2, -0.15) is 4.98 Å². The van der Waals surface area contributed by atoms with Gasteiger partial charge in [0.05, 0.1) is 38.5 Å². The molecule has 1 unspecified atom stereocenters. The maximum Gasteiger partial charge on any atom is 0.697 e. The number of nitrogens with one attached hydrogen (secondary N) is 1. The molecule has 10 rings (SSSR count). The smallest absolute Gasteiger partial charge is 0.497 e. The third-order valence-electron chi connectivity index (χ3n) is 13.8. The van der Waals surface area contributed by atoms with E-state index in [1.165, 1.54) is 56.1 Å². The van der Waals surface area contributed by atoms with E-state index >= 15 is 0 Å². The van der Waals surface area contributed by atoms with Gasteiger partial charge < -0.3 is 43.3 Å². The third kappa shape index (κ3) is 13.1. The van der Waals surface area contributed by atoms with E-state index in [2.05, 4.69) is 25.3 Å². The molecule has 2 aliphatic heterocycles. The van der Waals surface area contributed by atoms with Crippen LogP contribution in [0.1, 0.15) is 72.1 Å². The minimum absolute atomic E-state index is 0.0429. The summed E-state index contributed by atoms with van der Waals surface area (Å²) in [6.45, 7) is 0.699. The van der Waals surface area contributed by atoms with Crippen LogP contribution in [0.5, 0.6) is 23.1 Å². The maximum atomic E-state index is 14.3. The number of anilines is 1. The number of aromatic nitrogens is 6. The van der Waals surface area contributed by atoms with Crippen LogP contribution in [0.15, 0.2) is 163 Å². The fraction of sp³-hybridized carbons (Fsp3) is 0.276. The van der Waals surface area contributed by atoms with Crippen molar-refractivity contribution < 1.29 is 66.1 Å². The molecule has 0 radical (unpaired) electrons. The lowest BCUT2D eigenvalue weighted by atomic mass is 9.80. The van der Waals surface area contributed by atoms with Crippen LogP contribution >= 0.6 is 8.25 Å². The highest BCUT2D eigenvalue weighted by Gasteiger charge is 2.48. The number of hydrogen-bond acceptors (Lipinski definition) is 20. The van der Waals surface area contributed by atoms with Crippen molar-refractivity contribution in [3.05, 3.63) is 201 Å². The molecule has 1 N–H and O–H groups in total. The van der Waals surface area contributed by atoms with Crippen LogP contribution < -0.4 is 25.2 Å². The molecule has 0 spiro atoms. The molecule has 83 heavy (non-hydrogen) atoms. The normalized spacial score (nSPS) is 18.8. The number of fused-ring (bicyclic) bond motifs is 1. The molecular formula is C58H54N8O16P+. The van der Waals surface area contributed by atoms with Gasteiger partial charge in [0.1, 0.15) is 78.4 Å². The van der Waals surface area contributed by atoms with Crippen molar-refractivity contribution in [3.8, 4) is 23.1 Å². The number of carbonyl (C=O) groups is 3. The van der Waals surface area contributed by atoms with Crippen molar-refractivity contribution in [3.63, 3.8) is 0 Å². The fourth-order valence-electron chi connectivity index (χ4n) is 9.69. The number of rotatable bonds is 24. The fourth-order valence-corrected chi connectivity index (χ4v) is 10.5. The summed E-state index contributed by atoms with van der Waals surface area (Å²) in [6, 6.07) is 39.7. The lowest BCUT2D eigenvalue weighted by Crippen LogP contribution is -2.38. The van der Waals surface area contributed by atoms with Crippen molar-refractivity contribution in [1.82, 2.24) is 29.1 Å². The molecule has 0 bridgehead atoms. The summed E-state index contributed by atoms with van der Waals surface area (Å²) in [5.41, 5.74) is 0.928. The van der Waals surface area contributed by atoms with E-state index in [0.717, 1.165) is 21.3 Å². The van der Waals surface area contributed by atoms with E-state index in [0.29, 0.717) is 22.7 Å². The van der Waals surface area contributed by atoms with E-state index < -0.39 is 79.8 Å². The van der Waals surface area contributed by atoms with Crippen molar-refractivity contribution in [2.24, 2.45) is 0 Å². The number of ketones is 1. The molecule has 2 fully saturated rings. The highest BCUT2D eigenvalue weighted by atomic mass is 31.1. The topological polar surface area (TPSA) is 285 Å². The standard InChI is InChI=1S/C58H53N8O16P/c1-36(67)14-27-52(68)81-45-30-50(64-29-28-49(62-57(64)70)78-44-25-19-41(20-26-44)66(71)72)80-48(45)33-77-83(73)82-46-31-51(65-35-61-53-54(59-34-60-55(53)65)63-56(69)37-10-6-4-7-11-37)79-47(46)32-76-58(38-12-8-5-9-13-38,39-15-21-42(74-2)22-16-39)40-17-23-43(75-3)24-18-40/h4-13,15-26,28-29,34-35,45-48,50-51H,14,27,30-33H2,1-3H3/p+1/t45-,46-,47+,48+,50+,51+/m0/s1. The predicted octanol–water partition coefficient (Wildman–Crippen LogP) is 8.98. The van der Waals surface area contributed by atoms with Gasteiger partial charge in [-0.05, 0) is 72.1 Å². The number of non-ortho nitro benzene ring substituents is 1. The molecule has 5 heterocycles. The molecule has 25 heteroatoms. The van der Waals surface area contributed by atoms with Gasteiger partial charge in [0.15, 0.2) is 17.0 Å². The molecule has 8 aromatic rings. The number of benzene rings is 5. The average Bonchev–Trinajstić information content (AvgIpc) is 3.93. The molecule has 1 amide bonds. The highest BCUT2D eigenvalue weighted by molar-refractivity contribution is 7.33. The van der Waals surface area contributed by atoms with Crippen molar-refractivity contribution >= 4 is 48.6 Å². The molecule has 426 valence electrons. The molecule has 24 nitrogen and oxygen atoms in total. The van der Waals surface area contributed by atoms with Gasteiger partial charge in [-0.1, -0.05) is 72.8 Å². The van der Waals surface area contributed by atoms with Gasteiger partial charge >= 0.3 is 19.9 Å². The summed E-state index contributed by atoms with van der Waals surface area (Å²) < 4.78 is 72.2. The first-order valence-electron chi connectivity index (χ1n) is 26.1. The van der Waals surface area contributed by atoms with Crippen LogP contribution in [0.2, 0.25) is 0 Å². The van der Waals surface area contributed by atoms with E-state index in [1.807, 2.05) is 78.9 Å². The largest absolute Gasteiger partial charge is 0.697 e. The SMILES string of the molecule is COc1ccc(C(OC[C@H]2O[C@@H](n3cnc4c(NC(=O)c5ccccc5)ncnc43)C[C@@H]2O[P+](=O)OC[C@H]2O[C@@H](n3ccc(Oc4ccc([N+](=O)[O-])cc4)nc3=O)C[C@@H]2OC(=O)CCC(C)=O)(c2ccccc2)c2ccc(OC)cc2)cc1. The number of nitrogens with zero attached hydrogens (tertiary/aromatic N) is 7. The zero-order chi connectivity index (χ0) is 58.0. The van der Waals surface area contributed by atoms with Crippen LogP contribution in [0.4, 0.5) is 11.5 Å². The number of Topliss-reactive ketones (excluding diaryl/α,β-unsaturated/α-hetero) is 1. The summed E-state index contributed by atoms with van der Waals surface area (Å²) in [6.07, 6.45) is -2.33. The average molecular weight is 1150 g/mol. The Hall–Kier alpha value is -9.16. The molecule has 2 aliphatic rings. The molecule has 3 aromatic heterocycles. The van der Waals surface area contributed by atoms with E-state index in [9.17, 15) is 33.9 Å². The molecular weight excluding hydrogens is 1100 g/mol. The Morgan fingerprint density at radius 1 is 0.735 bits per heavy atom. The Morgan fingerprint density at radius 2 is 1.34 bits per heavy atom. The lowest BCUT2D eigenvalue weighted by molar-refractivity contribution is -0.384. The van der Waals surface area contributed by atoms with Crippen molar-refractivity contribution in [2.45, 2.75) is 75.1 Å². The van der Waals surface area contributed by atoms with Gasteiger partial charge in [0.2, 0.25) is 5.88 Å². The summed E-state index contributed by atoms with van der Waals surface area (Å²) in [7, 11) is 0.115. The Kier molecular flexibility index (Phi) is 17.7. The van der Waals surface area contributed by atoms with Gasteiger partial charge in [-0.25, -0.2) is 19.7 Å². The number of imidazole rings is 1. The molecule has 0 saturated carbocycles. The number of esters is 1. The quantitative estimate of drug-likeness (QED) is 0.0194. The maximum absolute atomic E-state index is 14.3. The Morgan fingerprint density at radius 3 is 1.96 bits per heavy atom. The number of methoxy groups -OCH3 is 2. The second-order valence-corrected chi connectivity index (χ2v) is 20.0. The number of hydrogen-bond donors (Lipinski definition) is 1. The number of carbonyl (C=O) groups excluding carboxylic acids is 3. The van der Waals surface area contributed by atoms with Crippen LogP contribution in [0.25, 0.3) is 11.2 Å². The number of nitro benzene ring substituents is 1. The molecule has 5 aromatic carbocycles. The first-order chi connectivity index (χ1) is 40.3. The minimum atomic E-state index is -3.04. The first kappa shape index (κ1) is 57.1. The number of amides is 1. The van der Waals surface area contributed by atoms with Gasteiger partial charge in [-0.3, -0.25) is 28.8 Å². The van der Waals surface area contributed by atoms with Gasteiger partial charge in [0.25, 0.3) is 11.6 Å². The Balaban J connectivity index is 0.924. The van der Waals surface area contributed by atoms with Crippen LogP contribution in [0.3, 0.4) is 0 Å².